The molecule has 1 heterocycles. The molecule has 1 rings (SSSR count). The zero-order valence-corrected chi connectivity index (χ0v) is 9.55. The van der Waals surface area contributed by atoms with Crippen molar-refractivity contribution in [2.24, 2.45) is 0 Å². The van der Waals surface area contributed by atoms with Gasteiger partial charge in [0.15, 0.2) is 7.28 Å². The van der Waals surface area contributed by atoms with Gasteiger partial charge in [-0.2, -0.15) is 0 Å². The Bertz CT molecular complexity index is 210. The van der Waals surface area contributed by atoms with Crippen LogP contribution in [0, 0.1) is 0 Å². The minimum Gasteiger partial charge on any atom is -0.388 e. The van der Waals surface area contributed by atoms with E-state index in [4.69, 9.17) is 4.74 Å². The number of ether oxygens (including phenoxy) is 1. The molecule has 0 aromatic carbocycles. The lowest BCUT2D eigenvalue weighted by molar-refractivity contribution is -0.165. The number of rotatable bonds is 3. The SMILES string of the molecule is CCC(C)(C)[B]C1OCC(O)C(O)C1O. The van der Waals surface area contributed by atoms with E-state index < -0.39 is 24.3 Å². The van der Waals surface area contributed by atoms with E-state index in [0.717, 1.165) is 6.42 Å². The van der Waals surface area contributed by atoms with Gasteiger partial charge in [-0.05, 0) is 0 Å². The van der Waals surface area contributed by atoms with Crippen LogP contribution >= 0.6 is 0 Å². The third-order valence-electron chi connectivity index (χ3n) is 3.07. The smallest absolute Gasteiger partial charge is 0.160 e. The monoisotopic (exact) mass is 215 g/mol. The Morgan fingerprint density at radius 2 is 1.87 bits per heavy atom. The van der Waals surface area contributed by atoms with Crippen LogP contribution < -0.4 is 0 Å². The van der Waals surface area contributed by atoms with E-state index in [9.17, 15) is 15.3 Å². The first-order chi connectivity index (χ1) is 6.87. The highest BCUT2D eigenvalue weighted by Gasteiger charge is 2.39. The van der Waals surface area contributed by atoms with E-state index in [1.54, 1.807) is 0 Å². The fraction of sp³-hybridized carbons (Fsp3) is 1.00. The van der Waals surface area contributed by atoms with E-state index in [2.05, 4.69) is 6.92 Å². The molecule has 0 bridgehead atoms. The van der Waals surface area contributed by atoms with Crippen LogP contribution in [-0.4, -0.2) is 53.5 Å². The van der Waals surface area contributed by atoms with Gasteiger partial charge in [0.1, 0.15) is 18.3 Å². The summed E-state index contributed by atoms with van der Waals surface area (Å²) in [7, 11) is 1.90. The number of hydrogen-bond donors (Lipinski definition) is 3. The molecule has 0 amide bonds. The van der Waals surface area contributed by atoms with Crippen LogP contribution in [0.25, 0.3) is 0 Å². The van der Waals surface area contributed by atoms with Gasteiger partial charge in [-0.15, -0.1) is 0 Å². The summed E-state index contributed by atoms with van der Waals surface area (Å²) in [6.45, 7) is 6.21. The minimum absolute atomic E-state index is 0.0480. The van der Waals surface area contributed by atoms with Crippen LogP contribution in [-0.2, 0) is 4.74 Å². The van der Waals surface area contributed by atoms with E-state index in [1.165, 1.54) is 0 Å². The third-order valence-corrected chi connectivity index (χ3v) is 3.07. The minimum atomic E-state index is -1.12. The van der Waals surface area contributed by atoms with Gasteiger partial charge in [-0.3, -0.25) is 0 Å². The molecular formula is C10H20BO4. The second-order valence-electron chi connectivity index (χ2n) is 4.86. The molecule has 0 saturated carbocycles. The van der Waals surface area contributed by atoms with Gasteiger partial charge >= 0.3 is 0 Å². The molecule has 1 aliphatic heterocycles. The van der Waals surface area contributed by atoms with Crippen LogP contribution in [0.3, 0.4) is 0 Å². The second kappa shape index (κ2) is 4.83. The molecule has 5 heteroatoms. The van der Waals surface area contributed by atoms with Crippen molar-refractivity contribution in [3.63, 3.8) is 0 Å². The van der Waals surface area contributed by atoms with Crippen molar-refractivity contribution in [2.45, 2.75) is 56.8 Å². The van der Waals surface area contributed by atoms with Gasteiger partial charge in [0.25, 0.3) is 0 Å². The molecule has 1 aliphatic rings. The average molecular weight is 215 g/mol. The Morgan fingerprint density at radius 3 is 2.40 bits per heavy atom. The van der Waals surface area contributed by atoms with Crippen LogP contribution in [0.5, 0.6) is 0 Å². The zero-order valence-electron chi connectivity index (χ0n) is 9.55. The number of aliphatic hydroxyl groups excluding tert-OH is 3. The first-order valence-electron chi connectivity index (χ1n) is 5.39. The summed E-state index contributed by atoms with van der Waals surface area (Å²) < 4.78 is 5.30. The Kier molecular flexibility index (Phi) is 4.17. The molecule has 1 saturated heterocycles. The molecular weight excluding hydrogens is 195 g/mol. The summed E-state index contributed by atoms with van der Waals surface area (Å²) >= 11 is 0. The van der Waals surface area contributed by atoms with Gasteiger partial charge in [0.05, 0.1) is 12.6 Å². The Balaban J connectivity index is 2.56. The lowest BCUT2D eigenvalue weighted by Crippen LogP contribution is -2.56. The summed E-state index contributed by atoms with van der Waals surface area (Å²) in [6, 6.07) is -0.502. The van der Waals surface area contributed by atoms with Gasteiger partial charge in [0, 0.05) is 0 Å². The molecule has 1 radical (unpaired) electrons. The largest absolute Gasteiger partial charge is 0.388 e. The Labute approximate surface area is 91.5 Å². The molecule has 0 aromatic rings. The van der Waals surface area contributed by atoms with E-state index in [-0.39, 0.29) is 11.9 Å². The van der Waals surface area contributed by atoms with Crippen molar-refractivity contribution >= 4 is 7.28 Å². The van der Waals surface area contributed by atoms with Crippen LogP contribution in [0.2, 0.25) is 5.31 Å². The van der Waals surface area contributed by atoms with Gasteiger partial charge in [-0.1, -0.05) is 32.5 Å². The number of hydrogen-bond acceptors (Lipinski definition) is 4. The van der Waals surface area contributed by atoms with Crippen molar-refractivity contribution < 1.29 is 20.1 Å². The molecule has 1 fully saturated rings. The molecule has 15 heavy (non-hydrogen) atoms. The lowest BCUT2D eigenvalue weighted by atomic mass is 9.48. The number of aliphatic hydroxyl groups is 3. The normalized spacial score (nSPS) is 37.7. The van der Waals surface area contributed by atoms with Crippen molar-refractivity contribution in [3.05, 3.63) is 0 Å². The highest BCUT2D eigenvalue weighted by molar-refractivity contribution is 6.41. The maximum absolute atomic E-state index is 9.70. The summed E-state index contributed by atoms with van der Waals surface area (Å²) in [4.78, 5) is 0. The molecule has 4 unspecified atom stereocenters. The molecule has 4 atom stereocenters. The first-order valence-corrected chi connectivity index (χ1v) is 5.39. The van der Waals surface area contributed by atoms with Crippen molar-refractivity contribution in [2.75, 3.05) is 6.61 Å². The molecule has 0 aliphatic carbocycles. The average Bonchev–Trinajstić information content (AvgIpc) is 2.19. The van der Waals surface area contributed by atoms with E-state index in [1.807, 2.05) is 21.1 Å². The summed E-state index contributed by atoms with van der Waals surface area (Å²) in [5, 5.41) is 28.4. The maximum Gasteiger partial charge on any atom is 0.160 e. The molecule has 3 N–H and O–H groups in total. The fourth-order valence-electron chi connectivity index (χ4n) is 1.54. The van der Waals surface area contributed by atoms with Gasteiger partial charge < -0.3 is 20.1 Å². The predicted octanol–water partition coefficient (Wildman–Crippen LogP) is -0.262. The zero-order chi connectivity index (χ0) is 11.6. The highest BCUT2D eigenvalue weighted by Crippen LogP contribution is 2.30. The van der Waals surface area contributed by atoms with Crippen molar-refractivity contribution in [3.8, 4) is 0 Å². The van der Waals surface area contributed by atoms with Crippen molar-refractivity contribution in [1.29, 1.82) is 0 Å². The topological polar surface area (TPSA) is 69.9 Å². The molecule has 0 aromatic heterocycles. The summed E-state index contributed by atoms with van der Waals surface area (Å²) in [6.07, 6.45) is -2.22. The lowest BCUT2D eigenvalue weighted by Gasteiger charge is -2.38. The van der Waals surface area contributed by atoms with Crippen molar-refractivity contribution in [1.82, 2.24) is 0 Å². The highest BCUT2D eigenvalue weighted by atomic mass is 16.5. The maximum atomic E-state index is 9.70. The Morgan fingerprint density at radius 1 is 1.27 bits per heavy atom. The predicted molar refractivity (Wildman–Crippen MR) is 57.8 cm³/mol. The van der Waals surface area contributed by atoms with E-state index in [0.29, 0.717) is 0 Å². The van der Waals surface area contributed by atoms with Gasteiger partial charge in [0.2, 0.25) is 0 Å². The Hall–Kier alpha value is -0.0951. The van der Waals surface area contributed by atoms with Crippen LogP contribution in [0.1, 0.15) is 27.2 Å². The molecule has 87 valence electrons. The fourth-order valence-corrected chi connectivity index (χ4v) is 1.54. The quantitative estimate of drug-likeness (QED) is 0.567. The summed E-state index contributed by atoms with van der Waals surface area (Å²) in [5.74, 6) is 0. The van der Waals surface area contributed by atoms with Gasteiger partial charge in [-0.25, -0.2) is 0 Å². The third kappa shape index (κ3) is 3.18. The van der Waals surface area contributed by atoms with E-state index >= 15 is 0 Å². The second-order valence-corrected chi connectivity index (χ2v) is 4.86. The summed E-state index contributed by atoms with van der Waals surface area (Å²) in [5.41, 5.74) is 0. The molecule has 0 spiro atoms. The van der Waals surface area contributed by atoms with Crippen LogP contribution in [0.4, 0.5) is 0 Å². The first kappa shape index (κ1) is 13.0. The van der Waals surface area contributed by atoms with Crippen LogP contribution in [0.15, 0.2) is 0 Å². The molecule has 4 nitrogen and oxygen atoms in total. The standard InChI is InChI=1S/C10H20BO4/c1-4-10(2,3)11-9-8(14)7(13)6(12)5-15-9/h6-9,12-14H,4-5H2,1-3H3.